The van der Waals surface area contributed by atoms with Crippen LogP contribution in [-0.4, -0.2) is 48.4 Å². The molecular formula is C26H33FN2O2. The van der Waals surface area contributed by atoms with E-state index in [4.69, 9.17) is 4.74 Å². The molecule has 2 fully saturated rings. The van der Waals surface area contributed by atoms with Crippen LogP contribution in [0.5, 0.6) is 5.75 Å². The number of amides is 1. The number of carbonyl (C=O) groups is 1. The van der Waals surface area contributed by atoms with Gasteiger partial charge in [0.1, 0.15) is 18.2 Å². The molecule has 0 aromatic heterocycles. The second-order valence-electron chi connectivity index (χ2n) is 9.15. The van der Waals surface area contributed by atoms with E-state index >= 15 is 0 Å². The fourth-order valence-electron chi connectivity index (χ4n) is 4.69. The lowest BCUT2D eigenvalue weighted by molar-refractivity contribution is 0.0618. The van der Waals surface area contributed by atoms with Gasteiger partial charge in [-0.1, -0.05) is 31.2 Å². The molecular weight excluding hydrogens is 391 g/mol. The zero-order valence-electron chi connectivity index (χ0n) is 18.4. The summed E-state index contributed by atoms with van der Waals surface area (Å²) in [7, 11) is 0. The van der Waals surface area contributed by atoms with E-state index in [9.17, 15) is 9.18 Å². The summed E-state index contributed by atoms with van der Waals surface area (Å²) in [5.74, 6) is 1.75. The van der Waals surface area contributed by atoms with Crippen LogP contribution >= 0.6 is 0 Å². The van der Waals surface area contributed by atoms with E-state index in [1.165, 1.54) is 44.5 Å². The molecule has 2 aromatic carbocycles. The first-order valence-electron chi connectivity index (χ1n) is 11.6. The van der Waals surface area contributed by atoms with Gasteiger partial charge in [-0.25, -0.2) is 4.39 Å². The summed E-state index contributed by atoms with van der Waals surface area (Å²) in [5.41, 5.74) is 1.48. The lowest BCUT2D eigenvalue weighted by atomic mass is 9.94. The first-order chi connectivity index (χ1) is 15.1. The molecule has 0 N–H and O–H groups in total. The third-order valence-corrected chi connectivity index (χ3v) is 6.62. The molecule has 166 valence electrons. The number of ether oxygens (including phenoxy) is 1. The normalized spacial score (nSPS) is 20.6. The minimum Gasteiger partial charge on any atom is -0.488 e. The fraction of sp³-hybridized carbons (Fsp3) is 0.500. The molecule has 1 atom stereocenters. The third-order valence-electron chi connectivity index (χ3n) is 6.62. The van der Waals surface area contributed by atoms with Crippen LogP contribution in [0.15, 0.2) is 48.5 Å². The van der Waals surface area contributed by atoms with Crippen LogP contribution in [0.25, 0.3) is 0 Å². The largest absolute Gasteiger partial charge is 0.488 e. The van der Waals surface area contributed by atoms with Gasteiger partial charge in [0.25, 0.3) is 5.91 Å². The van der Waals surface area contributed by atoms with Gasteiger partial charge in [0.2, 0.25) is 0 Å². The number of piperidine rings is 2. The van der Waals surface area contributed by atoms with Crippen LogP contribution in [0.1, 0.15) is 48.5 Å². The number of benzene rings is 2. The highest BCUT2D eigenvalue weighted by atomic mass is 19.1. The molecule has 0 aliphatic carbocycles. The van der Waals surface area contributed by atoms with Crippen LogP contribution in [-0.2, 0) is 6.61 Å². The van der Waals surface area contributed by atoms with Gasteiger partial charge in [-0.3, -0.25) is 4.79 Å². The van der Waals surface area contributed by atoms with Gasteiger partial charge in [-0.15, -0.1) is 0 Å². The number of carbonyl (C=O) groups excluding carboxylic acids is 1. The number of hydrogen-bond donors (Lipinski definition) is 0. The van der Waals surface area contributed by atoms with Crippen molar-refractivity contribution in [3.8, 4) is 5.75 Å². The van der Waals surface area contributed by atoms with E-state index in [1.807, 2.05) is 29.2 Å². The number of nitrogens with zero attached hydrogens (tertiary/aromatic N) is 2. The summed E-state index contributed by atoms with van der Waals surface area (Å²) < 4.78 is 19.1. The van der Waals surface area contributed by atoms with E-state index in [1.54, 1.807) is 12.1 Å². The lowest BCUT2D eigenvalue weighted by Crippen LogP contribution is -2.45. The average Bonchev–Trinajstić information content (AvgIpc) is 2.80. The quantitative estimate of drug-likeness (QED) is 0.655. The highest BCUT2D eigenvalue weighted by Crippen LogP contribution is 2.26. The van der Waals surface area contributed by atoms with Gasteiger partial charge >= 0.3 is 0 Å². The van der Waals surface area contributed by atoms with Crippen molar-refractivity contribution in [3.05, 3.63) is 65.5 Å². The maximum absolute atomic E-state index is 13.3. The summed E-state index contributed by atoms with van der Waals surface area (Å²) in [6, 6.07) is 13.7. The summed E-state index contributed by atoms with van der Waals surface area (Å²) in [4.78, 5) is 17.9. The maximum Gasteiger partial charge on any atom is 0.257 e. The SMILES string of the molecule is CC1CCN(CC2CCCN(C(=O)c3ccccc3OCc3ccc(F)cc3)C2)CC1. The van der Waals surface area contributed by atoms with Gasteiger partial charge in [-0.05, 0) is 80.4 Å². The Hall–Kier alpha value is -2.40. The van der Waals surface area contributed by atoms with Gasteiger partial charge in [-0.2, -0.15) is 0 Å². The maximum atomic E-state index is 13.3. The van der Waals surface area contributed by atoms with Crippen molar-refractivity contribution in [2.45, 2.75) is 39.2 Å². The molecule has 1 amide bonds. The standard InChI is InChI=1S/C26H33FN2O2/c1-20-12-15-28(16-13-20)17-22-5-4-14-29(18-22)26(30)24-6-2-3-7-25(24)31-19-21-8-10-23(27)11-9-21/h2-3,6-11,20,22H,4-5,12-19H2,1H3. The van der Waals surface area contributed by atoms with Crippen molar-refractivity contribution in [2.75, 3.05) is 32.7 Å². The summed E-state index contributed by atoms with van der Waals surface area (Å²) in [6.07, 6.45) is 4.82. The molecule has 0 bridgehead atoms. The second kappa shape index (κ2) is 10.3. The van der Waals surface area contributed by atoms with Crippen LogP contribution in [0.2, 0.25) is 0 Å². The van der Waals surface area contributed by atoms with Crippen molar-refractivity contribution < 1.29 is 13.9 Å². The van der Waals surface area contributed by atoms with Gasteiger partial charge in [0.15, 0.2) is 0 Å². The first-order valence-corrected chi connectivity index (χ1v) is 11.6. The van der Waals surface area contributed by atoms with Crippen LogP contribution in [0.3, 0.4) is 0 Å². The number of likely N-dealkylation sites (tertiary alicyclic amines) is 2. The van der Waals surface area contributed by atoms with Crippen molar-refractivity contribution in [2.24, 2.45) is 11.8 Å². The topological polar surface area (TPSA) is 32.8 Å². The zero-order valence-corrected chi connectivity index (χ0v) is 18.4. The van der Waals surface area contributed by atoms with E-state index in [0.29, 0.717) is 23.8 Å². The van der Waals surface area contributed by atoms with E-state index in [0.717, 1.165) is 37.5 Å². The number of para-hydroxylation sites is 1. The first kappa shape index (κ1) is 21.8. The van der Waals surface area contributed by atoms with Crippen LogP contribution in [0.4, 0.5) is 4.39 Å². The molecule has 1 unspecified atom stereocenters. The lowest BCUT2D eigenvalue weighted by Gasteiger charge is -2.38. The third kappa shape index (κ3) is 5.85. The van der Waals surface area contributed by atoms with Crippen LogP contribution in [0, 0.1) is 17.7 Å². The summed E-state index contributed by atoms with van der Waals surface area (Å²) in [6.45, 7) is 7.74. The zero-order chi connectivity index (χ0) is 21.6. The molecule has 5 heteroatoms. The molecule has 2 aromatic rings. The Labute approximate surface area is 185 Å². The highest BCUT2D eigenvalue weighted by molar-refractivity contribution is 5.97. The van der Waals surface area contributed by atoms with E-state index in [-0.39, 0.29) is 11.7 Å². The molecule has 0 saturated carbocycles. The fourth-order valence-corrected chi connectivity index (χ4v) is 4.69. The van der Waals surface area contributed by atoms with Crippen molar-refractivity contribution in [1.82, 2.24) is 9.80 Å². The Morgan fingerprint density at radius 1 is 1.03 bits per heavy atom. The van der Waals surface area contributed by atoms with E-state index < -0.39 is 0 Å². The Bertz CT molecular complexity index is 862. The molecule has 2 aliphatic rings. The molecule has 2 saturated heterocycles. The Morgan fingerprint density at radius 3 is 2.55 bits per heavy atom. The van der Waals surface area contributed by atoms with Crippen molar-refractivity contribution >= 4 is 5.91 Å². The number of halogens is 1. The molecule has 0 spiro atoms. The Kier molecular flexibility index (Phi) is 7.23. The predicted octanol–water partition coefficient (Wildman–Crippen LogP) is 4.99. The number of hydrogen-bond acceptors (Lipinski definition) is 3. The van der Waals surface area contributed by atoms with Crippen LogP contribution < -0.4 is 4.74 Å². The Morgan fingerprint density at radius 2 is 1.77 bits per heavy atom. The molecule has 4 nitrogen and oxygen atoms in total. The highest BCUT2D eigenvalue weighted by Gasteiger charge is 2.28. The Balaban J connectivity index is 1.37. The summed E-state index contributed by atoms with van der Waals surface area (Å²) >= 11 is 0. The minimum absolute atomic E-state index is 0.0478. The van der Waals surface area contributed by atoms with Crippen molar-refractivity contribution in [3.63, 3.8) is 0 Å². The minimum atomic E-state index is -0.266. The summed E-state index contributed by atoms with van der Waals surface area (Å²) in [5, 5.41) is 0. The van der Waals surface area contributed by atoms with E-state index in [2.05, 4.69) is 11.8 Å². The molecule has 2 heterocycles. The monoisotopic (exact) mass is 424 g/mol. The van der Waals surface area contributed by atoms with Gasteiger partial charge in [0, 0.05) is 19.6 Å². The smallest absolute Gasteiger partial charge is 0.257 e. The number of rotatable bonds is 6. The van der Waals surface area contributed by atoms with Crippen molar-refractivity contribution in [1.29, 1.82) is 0 Å². The molecule has 2 aliphatic heterocycles. The second-order valence-corrected chi connectivity index (χ2v) is 9.15. The molecule has 4 rings (SSSR count). The molecule has 31 heavy (non-hydrogen) atoms. The average molecular weight is 425 g/mol. The van der Waals surface area contributed by atoms with Gasteiger partial charge < -0.3 is 14.5 Å². The van der Waals surface area contributed by atoms with Gasteiger partial charge in [0.05, 0.1) is 5.56 Å². The predicted molar refractivity (Wildman–Crippen MR) is 121 cm³/mol. The molecule has 0 radical (unpaired) electrons.